The maximum Gasteiger partial charge on any atom is 0.347 e. The van der Waals surface area contributed by atoms with Gasteiger partial charge in [0, 0.05) is 43.1 Å². The van der Waals surface area contributed by atoms with Gasteiger partial charge in [-0.15, -0.1) is 0 Å². The highest BCUT2D eigenvalue weighted by molar-refractivity contribution is 6.36. The van der Waals surface area contributed by atoms with Crippen LogP contribution >= 0.6 is 23.2 Å². The van der Waals surface area contributed by atoms with Crippen LogP contribution in [-0.4, -0.2) is 73.3 Å². The Hall–Kier alpha value is -6.98. The zero-order chi connectivity index (χ0) is 46.1. The van der Waals surface area contributed by atoms with E-state index in [-0.39, 0.29) is 60.4 Å². The number of fused-ring (bicyclic) bond motifs is 5. The van der Waals surface area contributed by atoms with Crippen LogP contribution in [0.5, 0.6) is 28.7 Å². The maximum absolute atomic E-state index is 15.6. The summed E-state index contributed by atoms with van der Waals surface area (Å²) < 4.78 is 27.3. The van der Waals surface area contributed by atoms with Crippen LogP contribution in [0.4, 0.5) is 5.69 Å². The van der Waals surface area contributed by atoms with E-state index in [0.29, 0.717) is 50.0 Å². The number of allylic oxidation sites excluding steroid dienone is 2. The number of nitrogens with zero attached hydrogens (tertiary/aromatic N) is 6. The van der Waals surface area contributed by atoms with Gasteiger partial charge in [0.2, 0.25) is 0 Å². The lowest BCUT2D eigenvalue weighted by Crippen LogP contribution is -2.53. The lowest BCUT2D eigenvalue weighted by molar-refractivity contribution is -0.138. The molecule has 19 heteroatoms. The smallest absolute Gasteiger partial charge is 0.347 e. The molecule has 4 atom stereocenters. The largest absolute Gasteiger partial charge is 0.504 e. The fourth-order valence-electron chi connectivity index (χ4n) is 9.79. The molecule has 9 rings (SSSR count). The fourth-order valence-corrected chi connectivity index (χ4v) is 10.2. The number of hydrazine groups is 1. The van der Waals surface area contributed by atoms with Crippen LogP contribution < -0.4 is 41.3 Å². The topological polar surface area (TPSA) is 190 Å². The molecule has 6 aromatic rings. The van der Waals surface area contributed by atoms with Crippen LogP contribution in [0.15, 0.2) is 98.8 Å². The number of rotatable bonds is 12. The Labute approximate surface area is 380 Å². The molecule has 4 heterocycles. The highest BCUT2D eigenvalue weighted by Gasteiger charge is 2.69. The predicted molar refractivity (Wildman–Crippen MR) is 241 cm³/mol. The molecule has 0 unspecified atom stereocenters. The fraction of sp³-hybridized carbons (Fsp3) is 0.304. The molecular weight excluding hydrogens is 881 g/mol. The molecule has 3 aliphatic rings. The van der Waals surface area contributed by atoms with Crippen LogP contribution in [0, 0.1) is 5.92 Å². The van der Waals surface area contributed by atoms with E-state index in [9.17, 15) is 19.5 Å². The van der Waals surface area contributed by atoms with E-state index in [4.69, 9.17) is 42.1 Å². The summed E-state index contributed by atoms with van der Waals surface area (Å²) in [6.45, 7) is 1.73. The van der Waals surface area contributed by atoms with Crippen molar-refractivity contribution in [2.75, 3.05) is 33.4 Å². The van der Waals surface area contributed by atoms with E-state index in [2.05, 4.69) is 10.4 Å². The van der Waals surface area contributed by atoms with E-state index >= 15 is 9.59 Å². The Morgan fingerprint density at radius 2 is 1.62 bits per heavy atom. The van der Waals surface area contributed by atoms with Crippen LogP contribution in [-0.2, 0) is 41.6 Å². The van der Waals surface area contributed by atoms with E-state index < -0.39 is 52.0 Å². The van der Waals surface area contributed by atoms with Gasteiger partial charge < -0.3 is 28.6 Å². The van der Waals surface area contributed by atoms with Crippen molar-refractivity contribution in [3.05, 3.63) is 143 Å². The summed E-state index contributed by atoms with van der Waals surface area (Å²) in [5.74, 6) is -1.97. The molecule has 1 saturated heterocycles. The highest BCUT2D eigenvalue weighted by atomic mass is 35.5. The van der Waals surface area contributed by atoms with Gasteiger partial charge in [0.15, 0.2) is 23.0 Å². The standard InChI is InChI=1S/C46H43Cl2N7O10/c1-6-65-37-19-24(7-14-36(37)56)40-28-15-18-53-44(60)52(17-16-32-42(58)51(2)35-23-39(64-5)38(63-4)22-33(35)49-32)45(61)55(53)34(28)21-29-41(57)54(50-31-13-10-26(47)20-30(31)48)43(59)46(29,40)25-8-11-27(62-3)12-9-25/h7-15,19-20,22-23,29,34,40,50,56H,6,16-18,21H2,1-5H3/t29-,34+,40-,46+/m0/s1. The van der Waals surface area contributed by atoms with E-state index in [1.165, 1.54) is 47.4 Å². The number of benzene rings is 4. The van der Waals surface area contributed by atoms with Gasteiger partial charge in [-0.25, -0.2) is 28.5 Å². The zero-order valence-corrected chi connectivity index (χ0v) is 37.3. The third kappa shape index (κ3) is 6.74. The summed E-state index contributed by atoms with van der Waals surface area (Å²) in [5, 5.41) is 12.4. The van der Waals surface area contributed by atoms with Crippen molar-refractivity contribution in [1.82, 2.24) is 28.5 Å². The Morgan fingerprint density at radius 3 is 2.31 bits per heavy atom. The normalized spacial score (nSPS) is 20.0. The molecule has 2 N–H and O–H groups in total. The number of carbonyl (C=O) groups is 2. The first-order valence-electron chi connectivity index (χ1n) is 20.7. The van der Waals surface area contributed by atoms with Gasteiger partial charge in [-0.3, -0.25) is 19.8 Å². The number of aromatic nitrogens is 5. The van der Waals surface area contributed by atoms with E-state index in [0.717, 1.165) is 9.58 Å². The molecule has 2 aromatic heterocycles. The number of ether oxygens (including phenoxy) is 4. The molecule has 0 radical (unpaired) electrons. The number of imide groups is 1. The third-order valence-corrected chi connectivity index (χ3v) is 13.3. The minimum Gasteiger partial charge on any atom is -0.504 e. The number of aromatic hydroxyl groups is 1. The average Bonchev–Trinajstić information content (AvgIpc) is 3.68. The van der Waals surface area contributed by atoms with Crippen LogP contribution in [0.1, 0.15) is 42.1 Å². The number of carbonyl (C=O) groups excluding carboxylic acids is 2. The number of aryl methyl sites for hydroxylation is 2. The summed E-state index contributed by atoms with van der Waals surface area (Å²) in [4.78, 5) is 78.0. The number of anilines is 1. The Bertz CT molecular complexity index is 3160. The van der Waals surface area contributed by atoms with Crippen molar-refractivity contribution >= 4 is 51.7 Å². The van der Waals surface area contributed by atoms with E-state index in [1.54, 1.807) is 74.6 Å². The van der Waals surface area contributed by atoms with Gasteiger partial charge in [-0.1, -0.05) is 47.5 Å². The minimum absolute atomic E-state index is 0.0642. The predicted octanol–water partition coefficient (Wildman–Crippen LogP) is 5.36. The highest BCUT2D eigenvalue weighted by Crippen LogP contribution is 2.62. The van der Waals surface area contributed by atoms with Gasteiger partial charge in [-0.2, -0.15) is 5.01 Å². The number of nitrogens with one attached hydrogen (secondary N) is 1. The summed E-state index contributed by atoms with van der Waals surface area (Å²) >= 11 is 12.8. The molecule has 17 nitrogen and oxygen atoms in total. The van der Waals surface area contributed by atoms with Gasteiger partial charge in [0.25, 0.3) is 17.4 Å². The Morgan fingerprint density at radius 1 is 0.877 bits per heavy atom. The van der Waals surface area contributed by atoms with Crippen molar-refractivity contribution < 1.29 is 33.6 Å². The van der Waals surface area contributed by atoms with Crippen molar-refractivity contribution in [1.29, 1.82) is 0 Å². The maximum atomic E-state index is 15.6. The summed E-state index contributed by atoms with van der Waals surface area (Å²) in [6, 6.07) is 18.7. The van der Waals surface area contributed by atoms with Gasteiger partial charge in [0.1, 0.15) is 11.4 Å². The van der Waals surface area contributed by atoms with Crippen LogP contribution in [0.3, 0.4) is 0 Å². The van der Waals surface area contributed by atoms with Gasteiger partial charge in [0.05, 0.1) is 73.6 Å². The number of phenols is 1. The number of amides is 2. The van der Waals surface area contributed by atoms with Gasteiger partial charge in [-0.05, 0) is 72.5 Å². The van der Waals surface area contributed by atoms with Gasteiger partial charge >= 0.3 is 11.4 Å². The van der Waals surface area contributed by atoms with Crippen molar-refractivity contribution in [2.45, 2.75) is 50.2 Å². The number of phenolic OH excluding ortho intramolecular Hbond substituents is 1. The zero-order valence-electron chi connectivity index (χ0n) is 35.8. The molecule has 65 heavy (non-hydrogen) atoms. The lowest BCUT2D eigenvalue weighted by Gasteiger charge is -2.49. The van der Waals surface area contributed by atoms with Crippen molar-refractivity contribution in [3.8, 4) is 28.7 Å². The van der Waals surface area contributed by atoms with Crippen molar-refractivity contribution in [2.24, 2.45) is 13.0 Å². The third-order valence-electron chi connectivity index (χ3n) is 12.8. The first kappa shape index (κ1) is 43.3. The number of halogens is 2. The average molecular weight is 925 g/mol. The minimum atomic E-state index is -1.67. The second-order valence-electron chi connectivity index (χ2n) is 15.9. The summed E-state index contributed by atoms with van der Waals surface area (Å²) in [7, 11) is 6.09. The summed E-state index contributed by atoms with van der Waals surface area (Å²) in [6.07, 6.45) is 1.67. The van der Waals surface area contributed by atoms with Crippen LogP contribution in [0.25, 0.3) is 11.0 Å². The first-order chi connectivity index (χ1) is 31.3. The van der Waals surface area contributed by atoms with Crippen LogP contribution in [0.2, 0.25) is 10.0 Å². The number of methoxy groups -OCH3 is 3. The SMILES string of the molecule is CCOc1cc([C@H]2C3=CCn4c(=O)n(CCc5nc6cc(OC)c(OC)cc6n(C)c5=O)c(=O)n4[C@@H]3C[C@H]3C(=O)N(Nc4ccc(Cl)cc4Cl)C(=O)[C@@]23c2ccc(OC)cc2)ccc1O. The number of hydrogen-bond donors (Lipinski definition) is 2. The molecule has 1 aliphatic carbocycles. The monoisotopic (exact) mass is 923 g/mol. The molecule has 4 aromatic carbocycles. The second-order valence-corrected chi connectivity index (χ2v) is 16.8. The molecule has 0 spiro atoms. The quantitative estimate of drug-likeness (QED) is 0.118. The molecular formula is C46H43Cl2N7O10. The second kappa shape index (κ2) is 16.5. The Kier molecular flexibility index (Phi) is 11.0. The first-order valence-corrected chi connectivity index (χ1v) is 21.5. The van der Waals surface area contributed by atoms with E-state index in [1.807, 2.05) is 6.08 Å². The molecule has 2 amide bonds. The lowest BCUT2D eigenvalue weighted by atomic mass is 9.53. The molecule has 2 aliphatic heterocycles. The molecule has 0 bridgehead atoms. The number of hydrogen-bond acceptors (Lipinski definition) is 12. The molecule has 2 fully saturated rings. The summed E-state index contributed by atoms with van der Waals surface area (Å²) in [5.41, 5.74) is 2.47. The van der Waals surface area contributed by atoms with Crippen molar-refractivity contribution in [3.63, 3.8) is 0 Å². The molecule has 1 saturated carbocycles. The molecule has 336 valence electrons. The Balaban J connectivity index is 1.19.